The van der Waals surface area contributed by atoms with Crippen LogP contribution < -0.4 is 0 Å². The van der Waals surface area contributed by atoms with Crippen LogP contribution >= 0.6 is 0 Å². The molecule has 17 heavy (non-hydrogen) atoms. The maximum atomic E-state index is 5.39. The van der Waals surface area contributed by atoms with Crippen molar-refractivity contribution in [1.82, 2.24) is 4.57 Å². The molecule has 92 valence electrons. The minimum absolute atomic E-state index is 0.812. The summed E-state index contributed by atoms with van der Waals surface area (Å²) in [5, 5.41) is 1.39. The molecule has 2 aromatic rings. The summed E-state index contributed by atoms with van der Waals surface area (Å²) in [6.45, 7) is 6.96. The van der Waals surface area contributed by atoms with Crippen LogP contribution in [0.5, 0.6) is 0 Å². The Morgan fingerprint density at radius 3 is 2.76 bits per heavy atom. The van der Waals surface area contributed by atoms with Gasteiger partial charge in [-0.25, -0.2) is 0 Å². The molecule has 0 N–H and O–H groups in total. The normalized spacial score (nSPS) is 11.2. The molecule has 0 fully saturated rings. The fourth-order valence-corrected chi connectivity index (χ4v) is 2.27. The highest BCUT2D eigenvalue weighted by molar-refractivity contribution is 5.83. The van der Waals surface area contributed by atoms with Crippen LogP contribution in [0.25, 0.3) is 10.9 Å². The van der Waals surface area contributed by atoms with E-state index in [2.05, 4.69) is 42.0 Å². The number of hydrogen-bond acceptors (Lipinski definition) is 1. The third-order valence-electron chi connectivity index (χ3n) is 3.14. The molecule has 0 unspecified atom stereocenters. The molecule has 0 atom stereocenters. The van der Waals surface area contributed by atoms with Crippen LogP contribution in [-0.2, 0) is 17.7 Å². The monoisotopic (exact) mass is 231 g/mol. The first-order valence-corrected chi connectivity index (χ1v) is 6.51. The van der Waals surface area contributed by atoms with E-state index in [1.807, 2.05) is 6.92 Å². The number of ether oxygens (including phenoxy) is 1. The standard InChI is InChI=1S/C15H21NO/c1-3-13-12-16(10-7-11-17-4-2)15-9-6-5-8-14(13)15/h5-6,8-9,12H,3-4,7,10-11H2,1-2H3. The third kappa shape index (κ3) is 2.70. The number of hydrogen-bond donors (Lipinski definition) is 0. The first kappa shape index (κ1) is 12.2. The highest BCUT2D eigenvalue weighted by Crippen LogP contribution is 2.21. The molecule has 2 nitrogen and oxygen atoms in total. The second-order valence-electron chi connectivity index (χ2n) is 4.27. The molecule has 1 heterocycles. The molecular weight excluding hydrogens is 210 g/mol. The summed E-state index contributed by atoms with van der Waals surface area (Å²) < 4.78 is 7.74. The predicted octanol–water partition coefficient (Wildman–Crippen LogP) is 3.63. The van der Waals surface area contributed by atoms with Gasteiger partial charge in [0.2, 0.25) is 0 Å². The van der Waals surface area contributed by atoms with Crippen LogP contribution in [-0.4, -0.2) is 17.8 Å². The fourth-order valence-electron chi connectivity index (χ4n) is 2.27. The zero-order chi connectivity index (χ0) is 12.1. The lowest BCUT2D eigenvalue weighted by atomic mass is 10.1. The average molecular weight is 231 g/mol. The Labute approximate surface area is 103 Å². The smallest absolute Gasteiger partial charge is 0.0483 e. The number of aryl methyl sites for hydroxylation is 2. The summed E-state index contributed by atoms with van der Waals surface area (Å²) in [5.41, 5.74) is 2.79. The first-order chi connectivity index (χ1) is 8.36. The molecule has 0 amide bonds. The van der Waals surface area contributed by atoms with Gasteiger partial charge in [-0.15, -0.1) is 0 Å². The third-order valence-corrected chi connectivity index (χ3v) is 3.14. The average Bonchev–Trinajstić information content (AvgIpc) is 2.73. The summed E-state index contributed by atoms with van der Waals surface area (Å²) in [6, 6.07) is 8.65. The molecule has 0 saturated carbocycles. The van der Waals surface area contributed by atoms with Crippen LogP contribution in [0, 0.1) is 0 Å². The summed E-state index contributed by atoms with van der Waals surface area (Å²) in [7, 11) is 0. The molecule has 1 aromatic carbocycles. The number of nitrogens with zero attached hydrogens (tertiary/aromatic N) is 1. The van der Waals surface area contributed by atoms with Crippen molar-refractivity contribution >= 4 is 10.9 Å². The van der Waals surface area contributed by atoms with Crippen LogP contribution in [0.15, 0.2) is 30.5 Å². The predicted molar refractivity (Wildman–Crippen MR) is 72.4 cm³/mol. The largest absolute Gasteiger partial charge is 0.382 e. The second-order valence-corrected chi connectivity index (χ2v) is 4.27. The van der Waals surface area contributed by atoms with Crippen molar-refractivity contribution in [2.24, 2.45) is 0 Å². The lowest BCUT2D eigenvalue weighted by molar-refractivity contribution is 0.142. The lowest BCUT2D eigenvalue weighted by Gasteiger charge is -2.05. The molecule has 0 aliphatic rings. The Balaban J connectivity index is 2.16. The Morgan fingerprint density at radius 2 is 2.00 bits per heavy atom. The molecule has 1 aromatic heterocycles. The van der Waals surface area contributed by atoms with Gasteiger partial charge in [0.05, 0.1) is 0 Å². The van der Waals surface area contributed by atoms with Gasteiger partial charge >= 0.3 is 0 Å². The van der Waals surface area contributed by atoms with Gasteiger partial charge in [-0.2, -0.15) is 0 Å². The molecular formula is C15H21NO. The van der Waals surface area contributed by atoms with E-state index in [0.29, 0.717) is 0 Å². The summed E-state index contributed by atoms with van der Waals surface area (Å²) in [4.78, 5) is 0. The number of benzene rings is 1. The quantitative estimate of drug-likeness (QED) is 0.692. The lowest BCUT2D eigenvalue weighted by Crippen LogP contribution is -2.01. The Kier molecular flexibility index (Phi) is 4.21. The maximum Gasteiger partial charge on any atom is 0.0483 e. The molecule has 0 saturated heterocycles. The van der Waals surface area contributed by atoms with E-state index in [4.69, 9.17) is 4.74 Å². The first-order valence-electron chi connectivity index (χ1n) is 6.51. The van der Waals surface area contributed by atoms with E-state index in [-0.39, 0.29) is 0 Å². The minimum atomic E-state index is 0.812. The summed E-state index contributed by atoms with van der Waals surface area (Å²) >= 11 is 0. The molecule has 0 bridgehead atoms. The topological polar surface area (TPSA) is 14.2 Å². The fraction of sp³-hybridized carbons (Fsp3) is 0.467. The van der Waals surface area contributed by atoms with Crippen LogP contribution in [0.2, 0.25) is 0 Å². The van der Waals surface area contributed by atoms with Gasteiger partial charge < -0.3 is 9.30 Å². The Morgan fingerprint density at radius 1 is 1.18 bits per heavy atom. The van der Waals surface area contributed by atoms with E-state index in [1.54, 1.807) is 0 Å². The second kappa shape index (κ2) is 5.87. The van der Waals surface area contributed by atoms with Crippen molar-refractivity contribution in [2.75, 3.05) is 13.2 Å². The van der Waals surface area contributed by atoms with Crippen molar-refractivity contribution in [3.63, 3.8) is 0 Å². The van der Waals surface area contributed by atoms with Gasteiger partial charge in [-0.05, 0) is 31.4 Å². The minimum Gasteiger partial charge on any atom is -0.382 e. The van der Waals surface area contributed by atoms with Crippen LogP contribution in [0.4, 0.5) is 0 Å². The highest BCUT2D eigenvalue weighted by Gasteiger charge is 2.05. The van der Waals surface area contributed by atoms with Crippen LogP contribution in [0.3, 0.4) is 0 Å². The Hall–Kier alpha value is -1.28. The summed E-state index contributed by atoms with van der Waals surface area (Å²) in [6.07, 6.45) is 4.46. The Bertz CT molecular complexity index is 473. The molecule has 0 aliphatic carbocycles. The maximum absolute atomic E-state index is 5.39. The molecule has 0 radical (unpaired) electrons. The number of fused-ring (bicyclic) bond motifs is 1. The SMILES string of the molecule is CCOCCCn1cc(CC)c2ccccc21. The van der Waals surface area contributed by atoms with Crippen molar-refractivity contribution in [3.8, 4) is 0 Å². The van der Waals surface area contributed by atoms with Crippen molar-refractivity contribution in [2.45, 2.75) is 33.2 Å². The molecule has 0 aliphatic heterocycles. The van der Waals surface area contributed by atoms with Gasteiger partial charge in [0.25, 0.3) is 0 Å². The zero-order valence-corrected chi connectivity index (χ0v) is 10.8. The number of rotatable bonds is 6. The van der Waals surface area contributed by atoms with Crippen LogP contribution in [0.1, 0.15) is 25.8 Å². The van der Waals surface area contributed by atoms with Gasteiger partial charge in [0.15, 0.2) is 0 Å². The van der Waals surface area contributed by atoms with Gasteiger partial charge in [-0.1, -0.05) is 25.1 Å². The number of para-hydroxylation sites is 1. The zero-order valence-electron chi connectivity index (χ0n) is 10.8. The van der Waals surface area contributed by atoms with E-state index in [1.165, 1.54) is 16.5 Å². The van der Waals surface area contributed by atoms with Gasteiger partial charge in [-0.3, -0.25) is 0 Å². The van der Waals surface area contributed by atoms with Crippen molar-refractivity contribution < 1.29 is 4.74 Å². The molecule has 2 heteroatoms. The van der Waals surface area contributed by atoms with Crippen molar-refractivity contribution in [3.05, 3.63) is 36.0 Å². The highest BCUT2D eigenvalue weighted by atomic mass is 16.5. The van der Waals surface area contributed by atoms with Gasteiger partial charge in [0.1, 0.15) is 0 Å². The van der Waals surface area contributed by atoms with Crippen molar-refractivity contribution in [1.29, 1.82) is 0 Å². The van der Waals surface area contributed by atoms with E-state index in [0.717, 1.165) is 32.6 Å². The molecule has 0 spiro atoms. The summed E-state index contributed by atoms with van der Waals surface area (Å²) in [5.74, 6) is 0. The van der Waals surface area contributed by atoms with Gasteiger partial charge in [0, 0.05) is 36.9 Å². The van der Waals surface area contributed by atoms with E-state index < -0.39 is 0 Å². The van der Waals surface area contributed by atoms with E-state index in [9.17, 15) is 0 Å². The number of aromatic nitrogens is 1. The molecule has 2 rings (SSSR count). The van der Waals surface area contributed by atoms with E-state index >= 15 is 0 Å².